The minimum absolute atomic E-state index is 0.00723. The van der Waals surface area contributed by atoms with Crippen LogP contribution in [-0.2, 0) is 19.0 Å². The van der Waals surface area contributed by atoms with E-state index in [4.69, 9.17) is 14.0 Å². The van der Waals surface area contributed by atoms with Gasteiger partial charge >= 0.3 is 0 Å². The molecule has 0 unspecified atom stereocenters. The topological polar surface area (TPSA) is 72.8 Å². The highest BCUT2D eigenvalue weighted by atomic mass is 32.2. The number of hydrogen-bond donors (Lipinski definition) is 1. The second-order valence-electron chi connectivity index (χ2n) is 4.69. The monoisotopic (exact) mass is 286 g/mol. The van der Waals surface area contributed by atoms with Gasteiger partial charge in [-0.2, -0.15) is 8.42 Å². The van der Waals surface area contributed by atoms with Crippen molar-refractivity contribution in [3.8, 4) is 0 Å². The zero-order valence-corrected chi connectivity index (χ0v) is 11.6. The third-order valence-electron chi connectivity index (χ3n) is 3.12. The molecule has 1 aromatic rings. The minimum atomic E-state index is -3.73. The highest BCUT2D eigenvalue weighted by Gasteiger charge is 2.27. The molecule has 0 aromatic heterocycles. The number of aliphatic hydroxyl groups excluding tert-OH is 1. The van der Waals surface area contributed by atoms with Crippen LogP contribution in [0, 0.1) is 6.92 Å². The van der Waals surface area contributed by atoms with E-state index in [-0.39, 0.29) is 30.3 Å². The van der Waals surface area contributed by atoms with E-state index in [9.17, 15) is 8.42 Å². The number of aliphatic hydroxyl groups is 1. The molecular formula is C13H18O5S. The molecule has 1 N–H and O–H groups in total. The average molecular weight is 286 g/mol. The van der Waals surface area contributed by atoms with E-state index in [1.165, 1.54) is 12.1 Å². The molecule has 5 nitrogen and oxygen atoms in total. The first-order valence-corrected chi connectivity index (χ1v) is 7.64. The van der Waals surface area contributed by atoms with Gasteiger partial charge in [0.2, 0.25) is 0 Å². The van der Waals surface area contributed by atoms with E-state index >= 15 is 0 Å². The normalized spacial score (nSPS) is 23.7. The Morgan fingerprint density at radius 1 is 1.26 bits per heavy atom. The van der Waals surface area contributed by atoms with Crippen LogP contribution >= 0.6 is 0 Å². The van der Waals surface area contributed by atoms with Crippen molar-refractivity contribution in [2.75, 3.05) is 13.2 Å². The third-order valence-corrected chi connectivity index (χ3v) is 4.41. The lowest BCUT2D eigenvalue weighted by Crippen LogP contribution is -2.21. The lowest BCUT2D eigenvalue weighted by molar-refractivity contribution is -0.00623. The molecule has 1 heterocycles. The van der Waals surface area contributed by atoms with Crippen LogP contribution in [0.4, 0.5) is 0 Å². The Kier molecular flexibility index (Phi) is 4.57. The fourth-order valence-electron chi connectivity index (χ4n) is 1.98. The van der Waals surface area contributed by atoms with Gasteiger partial charge in [-0.15, -0.1) is 0 Å². The number of hydrogen-bond acceptors (Lipinski definition) is 5. The van der Waals surface area contributed by atoms with Gasteiger partial charge in [0.05, 0.1) is 30.3 Å². The standard InChI is InChI=1S/C13H18O5S/c1-10-2-6-13(7-3-10)19(15,16)17-9-12-5-4-11(8-14)18-12/h2-3,6-7,11-12,14H,4-5,8-9H2,1H3/t11-,12-/m1/s1. The van der Waals surface area contributed by atoms with Crippen LogP contribution in [0.15, 0.2) is 29.2 Å². The molecule has 6 heteroatoms. The summed E-state index contributed by atoms with van der Waals surface area (Å²) in [5.41, 5.74) is 0.990. The molecule has 2 atom stereocenters. The Balaban J connectivity index is 1.93. The molecule has 0 bridgehead atoms. The first-order chi connectivity index (χ1) is 9.01. The summed E-state index contributed by atoms with van der Waals surface area (Å²) in [6, 6.07) is 6.50. The molecule has 0 radical (unpaired) electrons. The van der Waals surface area contributed by atoms with Gasteiger partial charge in [0.25, 0.3) is 10.1 Å². The molecule has 1 aromatic carbocycles. The second-order valence-corrected chi connectivity index (χ2v) is 6.31. The van der Waals surface area contributed by atoms with Gasteiger partial charge < -0.3 is 9.84 Å². The maximum atomic E-state index is 11.9. The zero-order valence-electron chi connectivity index (χ0n) is 10.8. The number of ether oxygens (including phenoxy) is 1. The fraction of sp³-hybridized carbons (Fsp3) is 0.538. The van der Waals surface area contributed by atoms with Crippen molar-refractivity contribution in [3.05, 3.63) is 29.8 Å². The van der Waals surface area contributed by atoms with Crippen molar-refractivity contribution in [2.24, 2.45) is 0 Å². The van der Waals surface area contributed by atoms with Crippen LogP contribution < -0.4 is 0 Å². The second kappa shape index (κ2) is 6.00. The molecule has 0 aliphatic carbocycles. The quantitative estimate of drug-likeness (QED) is 0.824. The molecular weight excluding hydrogens is 268 g/mol. The summed E-state index contributed by atoms with van der Waals surface area (Å²) < 4.78 is 34.3. The molecule has 1 fully saturated rings. The van der Waals surface area contributed by atoms with Gasteiger partial charge in [0.15, 0.2) is 0 Å². The highest BCUT2D eigenvalue weighted by Crippen LogP contribution is 2.21. The van der Waals surface area contributed by atoms with Gasteiger partial charge in [-0.25, -0.2) is 0 Å². The molecule has 1 aliphatic heterocycles. The van der Waals surface area contributed by atoms with E-state index < -0.39 is 10.1 Å². The fourth-order valence-corrected chi connectivity index (χ4v) is 2.91. The summed E-state index contributed by atoms with van der Waals surface area (Å²) >= 11 is 0. The Morgan fingerprint density at radius 3 is 2.47 bits per heavy atom. The van der Waals surface area contributed by atoms with E-state index in [0.717, 1.165) is 12.0 Å². The van der Waals surface area contributed by atoms with Crippen molar-refractivity contribution < 1.29 is 22.4 Å². The summed E-state index contributed by atoms with van der Waals surface area (Å²) in [5, 5.41) is 8.93. The Bertz CT molecular complexity index is 508. The number of aryl methyl sites for hydroxylation is 1. The third kappa shape index (κ3) is 3.76. The maximum Gasteiger partial charge on any atom is 0.297 e. The van der Waals surface area contributed by atoms with Gasteiger partial charge in [-0.1, -0.05) is 17.7 Å². The van der Waals surface area contributed by atoms with Gasteiger partial charge in [-0.05, 0) is 31.9 Å². The van der Waals surface area contributed by atoms with Gasteiger partial charge in [0.1, 0.15) is 0 Å². The van der Waals surface area contributed by atoms with Crippen LogP contribution in [0.25, 0.3) is 0 Å². The minimum Gasteiger partial charge on any atom is -0.394 e. The predicted molar refractivity (Wildman–Crippen MR) is 69.3 cm³/mol. The first kappa shape index (κ1) is 14.5. The van der Waals surface area contributed by atoms with Crippen molar-refractivity contribution in [1.82, 2.24) is 0 Å². The van der Waals surface area contributed by atoms with Crippen molar-refractivity contribution in [2.45, 2.75) is 36.9 Å². The van der Waals surface area contributed by atoms with Crippen molar-refractivity contribution >= 4 is 10.1 Å². The van der Waals surface area contributed by atoms with E-state index in [0.29, 0.717) is 6.42 Å². The zero-order chi connectivity index (χ0) is 13.9. The largest absolute Gasteiger partial charge is 0.394 e. The number of benzene rings is 1. The smallest absolute Gasteiger partial charge is 0.297 e. The van der Waals surface area contributed by atoms with Crippen molar-refractivity contribution in [3.63, 3.8) is 0 Å². The molecule has 0 amide bonds. The molecule has 106 valence electrons. The lowest BCUT2D eigenvalue weighted by Gasteiger charge is -2.12. The molecule has 0 saturated carbocycles. The van der Waals surface area contributed by atoms with Crippen LogP contribution in [0.3, 0.4) is 0 Å². The van der Waals surface area contributed by atoms with E-state index in [1.807, 2.05) is 6.92 Å². The first-order valence-electron chi connectivity index (χ1n) is 6.23. The Hall–Kier alpha value is -0.950. The highest BCUT2D eigenvalue weighted by molar-refractivity contribution is 7.86. The van der Waals surface area contributed by atoms with Gasteiger partial charge in [-0.3, -0.25) is 4.18 Å². The van der Waals surface area contributed by atoms with Crippen LogP contribution in [-0.4, -0.2) is 38.9 Å². The Morgan fingerprint density at radius 2 is 1.89 bits per heavy atom. The molecule has 19 heavy (non-hydrogen) atoms. The predicted octanol–water partition coefficient (Wildman–Crippen LogP) is 1.24. The summed E-state index contributed by atoms with van der Waals surface area (Å²) in [7, 11) is -3.73. The summed E-state index contributed by atoms with van der Waals surface area (Å²) in [4.78, 5) is 0.148. The summed E-state index contributed by atoms with van der Waals surface area (Å²) in [6.07, 6.45) is 0.970. The molecule has 2 rings (SSSR count). The summed E-state index contributed by atoms with van der Waals surface area (Å²) in [6.45, 7) is 1.84. The van der Waals surface area contributed by atoms with Crippen molar-refractivity contribution in [1.29, 1.82) is 0 Å². The SMILES string of the molecule is Cc1ccc(S(=O)(=O)OC[C@H]2CC[C@H](CO)O2)cc1. The maximum absolute atomic E-state index is 11.9. The lowest BCUT2D eigenvalue weighted by atomic mass is 10.2. The number of rotatable bonds is 5. The van der Waals surface area contributed by atoms with Gasteiger partial charge in [0, 0.05) is 0 Å². The Labute approximate surface area is 113 Å². The van der Waals surface area contributed by atoms with E-state index in [2.05, 4.69) is 0 Å². The average Bonchev–Trinajstić information content (AvgIpc) is 2.85. The molecule has 0 spiro atoms. The molecule has 1 aliphatic rings. The van der Waals surface area contributed by atoms with E-state index in [1.54, 1.807) is 12.1 Å². The van der Waals surface area contributed by atoms with Crippen LogP contribution in [0.5, 0.6) is 0 Å². The van der Waals surface area contributed by atoms with Crippen LogP contribution in [0.1, 0.15) is 18.4 Å². The van der Waals surface area contributed by atoms with Crippen LogP contribution in [0.2, 0.25) is 0 Å². The molecule has 1 saturated heterocycles. The summed E-state index contributed by atoms with van der Waals surface area (Å²) in [5.74, 6) is 0.